The molecule has 0 aliphatic heterocycles. The minimum absolute atomic E-state index is 0.0325. The zero-order valence-electron chi connectivity index (χ0n) is 47.7. The van der Waals surface area contributed by atoms with Crippen LogP contribution in [0.25, 0.3) is 0 Å². The molecule has 0 amide bonds. The number of phosphoric ester groups is 1. The molecule has 420 valence electrons. The van der Waals surface area contributed by atoms with E-state index in [0.29, 0.717) is 23.9 Å². The Hall–Kier alpha value is -2.29. The van der Waals surface area contributed by atoms with Gasteiger partial charge in [-0.1, -0.05) is 261 Å². The van der Waals surface area contributed by atoms with Crippen molar-refractivity contribution in [2.24, 2.45) is 0 Å². The lowest BCUT2D eigenvalue weighted by atomic mass is 10.0. The number of rotatable bonds is 55. The number of allylic oxidation sites excluding steroid dienone is 10. The molecular formula is C62H115NO8P+. The van der Waals surface area contributed by atoms with Crippen LogP contribution in [0.5, 0.6) is 0 Å². The normalized spacial score (nSPS) is 13.7. The van der Waals surface area contributed by atoms with Gasteiger partial charge in [0.2, 0.25) is 0 Å². The molecule has 0 saturated carbocycles. The van der Waals surface area contributed by atoms with Gasteiger partial charge in [-0.3, -0.25) is 18.6 Å². The molecule has 72 heavy (non-hydrogen) atoms. The van der Waals surface area contributed by atoms with E-state index in [1.54, 1.807) is 0 Å². The summed E-state index contributed by atoms with van der Waals surface area (Å²) < 4.78 is 34.6. The minimum Gasteiger partial charge on any atom is -0.462 e. The molecule has 0 fully saturated rings. The minimum atomic E-state index is -4.38. The van der Waals surface area contributed by atoms with E-state index < -0.39 is 26.5 Å². The van der Waals surface area contributed by atoms with Gasteiger partial charge in [0.05, 0.1) is 27.7 Å². The number of carbonyl (C=O) groups is 2. The van der Waals surface area contributed by atoms with Gasteiger partial charge < -0.3 is 18.9 Å². The number of esters is 2. The van der Waals surface area contributed by atoms with Gasteiger partial charge in [0, 0.05) is 12.8 Å². The fourth-order valence-electron chi connectivity index (χ4n) is 8.46. The Kier molecular flexibility index (Phi) is 51.8. The molecule has 0 aromatic heterocycles. The fraction of sp³-hybridized carbons (Fsp3) is 0.806. The predicted octanol–water partition coefficient (Wildman–Crippen LogP) is 18.7. The van der Waals surface area contributed by atoms with Crippen molar-refractivity contribution in [1.29, 1.82) is 0 Å². The second-order valence-electron chi connectivity index (χ2n) is 21.4. The maximum atomic E-state index is 12.8. The van der Waals surface area contributed by atoms with Gasteiger partial charge in [-0.25, -0.2) is 4.57 Å². The first-order valence-electron chi connectivity index (χ1n) is 30.0. The van der Waals surface area contributed by atoms with Crippen molar-refractivity contribution >= 4 is 19.8 Å². The summed E-state index contributed by atoms with van der Waals surface area (Å²) in [5, 5.41) is 0. The van der Waals surface area contributed by atoms with Crippen LogP contribution in [0.1, 0.15) is 271 Å². The van der Waals surface area contributed by atoms with Crippen LogP contribution in [0.3, 0.4) is 0 Å². The van der Waals surface area contributed by atoms with Crippen LogP contribution in [0.4, 0.5) is 0 Å². The molecular weight excluding hydrogens is 918 g/mol. The summed E-state index contributed by atoms with van der Waals surface area (Å²) in [5.41, 5.74) is 0. The zero-order chi connectivity index (χ0) is 52.7. The molecule has 1 N–H and O–H groups in total. The summed E-state index contributed by atoms with van der Waals surface area (Å²) in [5.74, 6) is -0.786. The molecule has 0 heterocycles. The number of nitrogens with zero attached hydrogens (tertiary/aromatic N) is 1. The lowest BCUT2D eigenvalue weighted by Crippen LogP contribution is -2.37. The van der Waals surface area contributed by atoms with Gasteiger partial charge in [0.15, 0.2) is 6.10 Å². The Morgan fingerprint density at radius 2 is 0.792 bits per heavy atom. The second-order valence-corrected chi connectivity index (χ2v) is 22.8. The monoisotopic (exact) mass is 1030 g/mol. The van der Waals surface area contributed by atoms with E-state index in [0.717, 1.165) is 64.2 Å². The quantitative estimate of drug-likeness (QED) is 0.0211. The molecule has 2 atom stereocenters. The predicted molar refractivity (Wildman–Crippen MR) is 307 cm³/mol. The third-order valence-corrected chi connectivity index (χ3v) is 14.0. The van der Waals surface area contributed by atoms with E-state index in [2.05, 4.69) is 74.6 Å². The highest BCUT2D eigenvalue weighted by Gasteiger charge is 2.27. The Labute approximate surface area is 445 Å². The lowest BCUT2D eigenvalue weighted by Gasteiger charge is -2.24. The Bertz CT molecular complexity index is 1400. The largest absolute Gasteiger partial charge is 0.472 e. The SMILES string of the molecule is CC/C=C\C/C=C\C/C=C\C/C=C\C/C=C\CCCCCCCCCCCCCCCCCC(=O)OC(COC(=O)CCCCCCCCCCCCCCCCCCC)COP(=O)(O)OCC[N+](C)(C)C. The van der Waals surface area contributed by atoms with E-state index in [4.69, 9.17) is 18.5 Å². The van der Waals surface area contributed by atoms with Gasteiger partial charge in [-0.2, -0.15) is 0 Å². The highest BCUT2D eigenvalue weighted by Crippen LogP contribution is 2.43. The molecule has 0 radical (unpaired) electrons. The molecule has 2 unspecified atom stereocenters. The first-order valence-corrected chi connectivity index (χ1v) is 31.5. The highest BCUT2D eigenvalue weighted by atomic mass is 31.2. The molecule has 0 aromatic rings. The van der Waals surface area contributed by atoms with Crippen LogP contribution in [-0.2, 0) is 32.7 Å². The number of carbonyl (C=O) groups excluding carboxylic acids is 2. The molecule has 0 saturated heterocycles. The van der Waals surface area contributed by atoms with Crippen LogP contribution < -0.4 is 0 Å². The molecule has 10 heteroatoms. The standard InChI is InChI=1S/C62H114NO8P/c1-6-8-10-12-14-16-18-20-22-24-25-26-27-28-29-30-31-32-33-34-35-36-37-39-41-43-45-47-49-51-53-55-62(65)71-60(59-70-72(66,67)69-57-56-63(3,4)5)58-68-61(64)54-52-50-48-46-44-42-40-38-23-21-19-17-15-13-11-9-7-2/h8,10,14,16,20,22,25-26,28-29,60H,6-7,9,11-13,15,17-19,21,23-24,27,30-59H2,1-5H3/p+1/b10-8-,16-14-,22-20-,26-25-,29-28-. The summed E-state index contributed by atoms with van der Waals surface area (Å²) in [7, 11) is 1.49. The molecule has 0 rings (SSSR count). The fourth-order valence-corrected chi connectivity index (χ4v) is 9.20. The topological polar surface area (TPSA) is 108 Å². The number of quaternary nitrogens is 1. The van der Waals surface area contributed by atoms with Crippen LogP contribution >= 0.6 is 7.82 Å². The second kappa shape index (κ2) is 53.5. The smallest absolute Gasteiger partial charge is 0.462 e. The van der Waals surface area contributed by atoms with Gasteiger partial charge in [0.25, 0.3) is 0 Å². The van der Waals surface area contributed by atoms with Gasteiger partial charge in [-0.05, 0) is 57.8 Å². The van der Waals surface area contributed by atoms with Crippen molar-refractivity contribution in [3.63, 3.8) is 0 Å². The van der Waals surface area contributed by atoms with Gasteiger partial charge in [-0.15, -0.1) is 0 Å². The molecule has 0 aromatic carbocycles. The summed E-state index contributed by atoms with van der Waals surface area (Å²) in [4.78, 5) is 35.7. The van der Waals surface area contributed by atoms with Crippen LogP contribution in [0.2, 0.25) is 0 Å². The average Bonchev–Trinajstić information content (AvgIpc) is 3.34. The van der Waals surface area contributed by atoms with E-state index in [1.807, 2.05) is 21.1 Å². The van der Waals surface area contributed by atoms with Crippen molar-refractivity contribution in [3.05, 3.63) is 60.8 Å². The van der Waals surface area contributed by atoms with E-state index in [-0.39, 0.29) is 25.6 Å². The van der Waals surface area contributed by atoms with Gasteiger partial charge in [0.1, 0.15) is 19.8 Å². The highest BCUT2D eigenvalue weighted by molar-refractivity contribution is 7.47. The molecule has 0 aliphatic carbocycles. The van der Waals surface area contributed by atoms with Crippen LogP contribution in [0.15, 0.2) is 60.8 Å². The van der Waals surface area contributed by atoms with Crippen molar-refractivity contribution < 1.29 is 42.1 Å². The Morgan fingerprint density at radius 3 is 1.18 bits per heavy atom. The summed E-state index contributed by atoms with van der Waals surface area (Å²) in [6, 6.07) is 0. The number of phosphoric acid groups is 1. The summed E-state index contributed by atoms with van der Waals surface area (Å²) in [6.07, 6.45) is 68.6. The van der Waals surface area contributed by atoms with Crippen molar-refractivity contribution in [2.75, 3.05) is 47.5 Å². The summed E-state index contributed by atoms with van der Waals surface area (Å²) >= 11 is 0. The lowest BCUT2D eigenvalue weighted by molar-refractivity contribution is -0.870. The molecule has 9 nitrogen and oxygen atoms in total. The number of hydrogen-bond donors (Lipinski definition) is 1. The Morgan fingerprint density at radius 1 is 0.444 bits per heavy atom. The maximum absolute atomic E-state index is 12.8. The molecule has 0 bridgehead atoms. The average molecular weight is 1030 g/mol. The number of hydrogen-bond acceptors (Lipinski definition) is 7. The first-order chi connectivity index (χ1) is 35.0. The van der Waals surface area contributed by atoms with E-state index in [9.17, 15) is 19.0 Å². The van der Waals surface area contributed by atoms with Crippen molar-refractivity contribution in [2.45, 2.75) is 277 Å². The van der Waals surface area contributed by atoms with Crippen LogP contribution in [-0.4, -0.2) is 74.9 Å². The molecule has 0 aliphatic rings. The third kappa shape index (κ3) is 57.0. The zero-order valence-corrected chi connectivity index (χ0v) is 48.6. The van der Waals surface area contributed by atoms with Crippen LogP contribution in [0, 0.1) is 0 Å². The molecule has 0 spiro atoms. The number of unbranched alkanes of at least 4 members (excludes halogenated alkanes) is 31. The number of ether oxygens (including phenoxy) is 2. The van der Waals surface area contributed by atoms with E-state index in [1.165, 1.54) is 173 Å². The van der Waals surface area contributed by atoms with Gasteiger partial charge >= 0.3 is 19.8 Å². The maximum Gasteiger partial charge on any atom is 0.472 e. The first kappa shape index (κ1) is 69.7. The third-order valence-electron chi connectivity index (χ3n) is 13.1. The van der Waals surface area contributed by atoms with Crippen molar-refractivity contribution in [3.8, 4) is 0 Å². The van der Waals surface area contributed by atoms with E-state index >= 15 is 0 Å². The Balaban J connectivity index is 4.08. The summed E-state index contributed by atoms with van der Waals surface area (Å²) in [6.45, 7) is 4.36. The number of likely N-dealkylation sites (N-methyl/N-ethyl adjacent to an activating group) is 1. The van der Waals surface area contributed by atoms with Crippen molar-refractivity contribution in [1.82, 2.24) is 0 Å².